The Hall–Kier alpha value is -3.61. The van der Waals surface area contributed by atoms with Crippen LogP contribution in [-0.2, 0) is 0 Å². The zero-order chi connectivity index (χ0) is 19.1. The molecule has 0 saturated carbocycles. The molecule has 0 atom stereocenters. The highest BCUT2D eigenvalue weighted by molar-refractivity contribution is 6.03. The molecule has 27 heavy (non-hydrogen) atoms. The van der Waals surface area contributed by atoms with Crippen molar-refractivity contribution in [2.24, 2.45) is 0 Å². The van der Waals surface area contributed by atoms with E-state index in [1.54, 1.807) is 37.4 Å². The monoisotopic (exact) mass is 364 g/mol. The van der Waals surface area contributed by atoms with Crippen LogP contribution in [0.15, 0.2) is 60.8 Å². The minimum atomic E-state index is -0.330. The maximum absolute atomic E-state index is 12.5. The standard InChI is InChI=1S/C20H20N4O3/c1-3-27-18-7-5-4-6-16(18)23-20-21-13-12-17(24-20)19(25)22-14-8-10-15(26-2)11-9-14/h4-13H,3H2,1-2H3,(H,22,25)(H,21,23,24). The van der Waals surface area contributed by atoms with Crippen molar-refractivity contribution in [1.82, 2.24) is 9.97 Å². The van der Waals surface area contributed by atoms with Crippen molar-refractivity contribution in [3.8, 4) is 11.5 Å². The third-order valence-corrected chi connectivity index (χ3v) is 3.67. The largest absolute Gasteiger partial charge is 0.497 e. The first-order chi connectivity index (χ1) is 13.2. The van der Waals surface area contributed by atoms with E-state index in [1.807, 2.05) is 31.2 Å². The summed E-state index contributed by atoms with van der Waals surface area (Å²) in [6.45, 7) is 2.46. The minimum absolute atomic E-state index is 0.247. The summed E-state index contributed by atoms with van der Waals surface area (Å²) >= 11 is 0. The average molecular weight is 364 g/mol. The summed E-state index contributed by atoms with van der Waals surface area (Å²) < 4.78 is 10.7. The van der Waals surface area contributed by atoms with Gasteiger partial charge < -0.3 is 20.1 Å². The molecule has 7 heteroatoms. The van der Waals surface area contributed by atoms with Crippen LogP contribution in [0.1, 0.15) is 17.4 Å². The first-order valence-electron chi connectivity index (χ1n) is 8.47. The molecule has 0 saturated heterocycles. The number of hydrogen-bond donors (Lipinski definition) is 2. The molecule has 1 heterocycles. The van der Waals surface area contributed by atoms with Gasteiger partial charge in [-0.25, -0.2) is 9.97 Å². The van der Waals surface area contributed by atoms with Crippen LogP contribution < -0.4 is 20.1 Å². The lowest BCUT2D eigenvalue weighted by Crippen LogP contribution is -2.14. The molecule has 0 spiro atoms. The van der Waals surface area contributed by atoms with Gasteiger partial charge in [-0.2, -0.15) is 0 Å². The van der Waals surface area contributed by atoms with Crippen LogP contribution in [0.5, 0.6) is 11.5 Å². The van der Waals surface area contributed by atoms with Gasteiger partial charge in [-0.1, -0.05) is 12.1 Å². The van der Waals surface area contributed by atoms with E-state index in [2.05, 4.69) is 20.6 Å². The summed E-state index contributed by atoms with van der Waals surface area (Å²) in [6, 6.07) is 16.1. The van der Waals surface area contributed by atoms with Crippen molar-refractivity contribution in [2.45, 2.75) is 6.92 Å². The highest BCUT2D eigenvalue weighted by Gasteiger charge is 2.11. The smallest absolute Gasteiger partial charge is 0.274 e. The fourth-order valence-corrected chi connectivity index (χ4v) is 2.39. The van der Waals surface area contributed by atoms with Gasteiger partial charge in [0, 0.05) is 11.9 Å². The Morgan fingerprint density at radius 3 is 2.59 bits per heavy atom. The van der Waals surface area contributed by atoms with Crippen molar-refractivity contribution in [3.63, 3.8) is 0 Å². The summed E-state index contributed by atoms with van der Waals surface area (Å²) in [7, 11) is 1.59. The van der Waals surface area contributed by atoms with Crippen LogP contribution in [0, 0.1) is 0 Å². The summed E-state index contributed by atoms with van der Waals surface area (Å²) in [5.41, 5.74) is 1.62. The number of methoxy groups -OCH3 is 1. The Labute approximate surface area is 157 Å². The molecule has 1 amide bonds. The van der Waals surface area contributed by atoms with Crippen LogP contribution in [0.2, 0.25) is 0 Å². The van der Waals surface area contributed by atoms with Crippen molar-refractivity contribution in [3.05, 3.63) is 66.5 Å². The third kappa shape index (κ3) is 4.72. The summed E-state index contributed by atoms with van der Waals surface area (Å²) in [6.07, 6.45) is 1.53. The van der Waals surface area contributed by atoms with Gasteiger partial charge in [0.15, 0.2) is 0 Å². The molecular formula is C20H20N4O3. The summed E-state index contributed by atoms with van der Waals surface area (Å²) in [5.74, 6) is 1.39. The minimum Gasteiger partial charge on any atom is -0.497 e. The second-order valence-corrected chi connectivity index (χ2v) is 5.50. The molecule has 7 nitrogen and oxygen atoms in total. The van der Waals surface area contributed by atoms with E-state index in [9.17, 15) is 4.79 Å². The molecule has 2 N–H and O–H groups in total. The predicted octanol–water partition coefficient (Wildman–Crippen LogP) is 3.88. The topological polar surface area (TPSA) is 85.4 Å². The number of anilines is 3. The van der Waals surface area contributed by atoms with Crippen molar-refractivity contribution >= 4 is 23.2 Å². The normalized spacial score (nSPS) is 10.1. The molecule has 3 aromatic rings. The quantitative estimate of drug-likeness (QED) is 0.662. The maximum Gasteiger partial charge on any atom is 0.274 e. The van der Waals surface area contributed by atoms with E-state index in [4.69, 9.17) is 9.47 Å². The van der Waals surface area contributed by atoms with E-state index in [0.717, 1.165) is 11.4 Å². The van der Waals surface area contributed by atoms with Gasteiger partial charge >= 0.3 is 0 Å². The van der Waals surface area contributed by atoms with E-state index in [-0.39, 0.29) is 11.6 Å². The summed E-state index contributed by atoms with van der Waals surface area (Å²) in [4.78, 5) is 20.9. The Kier molecular flexibility index (Phi) is 5.84. The van der Waals surface area contributed by atoms with Gasteiger partial charge in [-0.05, 0) is 49.4 Å². The predicted molar refractivity (Wildman–Crippen MR) is 104 cm³/mol. The highest BCUT2D eigenvalue weighted by Crippen LogP contribution is 2.26. The van der Waals surface area contributed by atoms with E-state index < -0.39 is 0 Å². The summed E-state index contributed by atoms with van der Waals surface area (Å²) in [5, 5.41) is 5.88. The molecule has 138 valence electrons. The van der Waals surface area contributed by atoms with E-state index >= 15 is 0 Å². The fraction of sp³-hybridized carbons (Fsp3) is 0.150. The number of amides is 1. The Morgan fingerprint density at radius 2 is 1.85 bits per heavy atom. The molecule has 1 aromatic heterocycles. The van der Waals surface area contributed by atoms with Crippen LogP contribution in [-0.4, -0.2) is 29.6 Å². The van der Waals surface area contributed by atoms with Crippen LogP contribution in [0.3, 0.4) is 0 Å². The van der Waals surface area contributed by atoms with E-state index in [0.29, 0.717) is 24.0 Å². The molecule has 0 fully saturated rings. The molecule has 0 aliphatic carbocycles. The van der Waals surface area contributed by atoms with Gasteiger partial charge in [-0.3, -0.25) is 4.79 Å². The fourth-order valence-electron chi connectivity index (χ4n) is 2.39. The first kappa shape index (κ1) is 18.2. The number of nitrogens with zero attached hydrogens (tertiary/aromatic N) is 2. The lowest BCUT2D eigenvalue weighted by Gasteiger charge is -2.11. The van der Waals surface area contributed by atoms with E-state index in [1.165, 1.54) is 6.20 Å². The number of ether oxygens (including phenoxy) is 2. The van der Waals surface area contributed by atoms with Gasteiger partial charge in [0.2, 0.25) is 5.95 Å². The number of nitrogens with one attached hydrogen (secondary N) is 2. The van der Waals surface area contributed by atoms with Crippen LogP contribution >= 0.6 is 0 Å². The second-order valence-electron chi connectivity index (χ2n) is 5.50. The Bertz CT molecular complexity index is 913. The van der Waals surface area contributed by atoms with Crippen molar-refractivity contribution < 1.29 is 14.3 Å². The molecule has 0 aliphatic rings. The first-order valence-corrected chi connectivity index (χ1v) is 8.47. The number of carbonyl (C=O) groups is 1. The van der Waals surface area contributed by atoms with Gasteiger partial charge in [0.1, 0.15) is 17.2 Å². The maximum atomic E-state index is 12.5. The van der Waals surface area contributed by atoms with Gasteiger partial charge in [0.25, 0.3) is 5.91 Å². The van der Waals surface area contributed by atoms with Crippen molar-refractivity contribution in [2.75, 3.05) is 24.4 Å². The third-order valence-electron chi connectivity index (χ3n) is 3.67. The van der Waals surface area contributed by atoms with Gasteiger partial charge in [0.05, 0.1) is 19.4 Å². The second kappa shape index (κ2) is 8.66. The molecule has 2 aromatic carbocycles. The number of rotatable bonds is 7. The lowest BCUT2D eigenvalue weighted by atomic mass is 10.3. The number of hydrogen-bond acceptors (Lipinski definition) is 6. The SMILES string of the molecule is CCOc1ccccc1Nc1nccc(C(=O)Nc2ccc(OC)cc2)n1. The number of benzene rings is 2. The molecule has 0 aliphatic heterocycles. The van der Waals surface area contributed by atoms with Gasteiger partial charge in [-0.15, -0.1) is 0 Å². The lowest BCUT2D eigenvalue weighted by molar-refractivity contribution is 0.102. The number of para-hydroxylation sites is 2. The Balaban J connectivity index is 1.74. The Morgan fingerprint density at radius 1 is 1.07 bits per heavy atom. The van der Waals surface area contributed by atoms with Crippen molar-refractivity contribution in [1.29, 1.82) is 0 Å². The highest BCUT2D eigenvalue weighted by atomic mass is 16.5. The molecule has 0 radical (unpaired) electrons. The average Bonchev–Trinajstić information content (AvgIpc) is 2.70. The number of aromatic nitrogens is 2. The molecule has 0 unspecified atom stereocenters. The molecule has 0 bridgehead atoms. The number of carbonyl (C=O) groups excluding carboxylic acids is 1. The van der Waals surface area contributed by atoms with Crippen LogP contribution in [0.4, 0.5) is 17.3 Å². The van der Waals surface area contributed by atoms with Crippen LogP contribution in [0.25, 0.3) is 0 Å². The zero-order valence-electron chi connectivity index (χ0n) is 15.1. The molecule has 3 rings (SSSR count). The zero-order valence-corrected chi connectivity index (χ0v) is 15.1. The molecular weight excluding hydrogens is 344 g/mol.